The van der Waals surface area contributed by atoms with E-state index in [-0.39, 0.29) is 18.2 Å². The fraction of sp³-hybridized carbons (Fsp3) is 0.0667. The summed E-state index contributed by atoms with van der Waals surface area (Å²) >= 11 is 0. The van der Waals surface area contributed by atoms with Crippen LogP contribution in [-0.4, -0.2) is 22.8 Å². The number of anilines is 1. The van der Waals surface area contributed by atoms with Gasteiger partial charge in [-0.15, -0.1) is 0 Å². The largest absolute Gasteiger partial charge is 0.382 e. The summed E-state index contributed by atoms with van der Waals surface area (Å²) < 4.78 is 0. The lowest BCUT2D eigenvalue weighted by atomic mass is 9.96. The summed E-state index contributed by atoms with van der Waals surface area (Å²) in [6, 6.07) is 47.3. The number of hydrogen-bond donors (Lipinski definition) is 3. The molecule has 0 spiro atoms. The van der Waals surface area contributed by atoms with Crippen molar-refractivity contribution in [3.05, 3.63) is 192 Å². The van der Waals surface area contributed by atoms with Crippen molar-refractivity contribution in [1.29, 1.82) is 0 Å². The first-order chi connectivity index (χ1) is 24.7. The Labute approximate surface area is 292 Å². The van der Waals surface area contributed by atoms with Gasteiger partial charge < -0.3 is 16.0 Å². The SMILES string of the molecule is C1=CNC(C2C=Cc3ccc(-c4ccc5ccc(-c6cccc(C7=NC(c8ccccc8)NC(c8ccccc8)=C7)c6)cc5n4)cc3N2)C=C1. The highest BCUT2D eigenvalue weighted by atomic mass is 15.1. The van der Waals surface area contributed by atoms with E-state index in [1.54, 1.807) is 0 Å². The lowest BCUT2D eigenvalue weighted by Crippen LogP contribution is -2.41. The van der Waals surface area contributed by atoms with Gasteiger partial charge in [0.25, 0.3) is 0 Å². The number of rotatable bonds is 6. The molecule has 5 nitrogen and oxygen atoms in total. The van der Waals surface area contributed by atoms with E-state index in [9.17, 15) is 0 Å². The molecule has 0 radical (unpaired) electrons. The van der Waals surface area contributed by atoms with Crippen molar-refractivity contribution < 1.29 is 0 Å². The molecule has 5 aromatic carbocycles. The molecule has 3 atom stereocenters. The maximum Gasteiger partial charge on any atom is 0.145 e. The standard InChI is InChI=1S/C45H35N5/c1-3-10-30(11-4-1)43-29-44(50-45(49-43)33-12-5-2-6-13-33)36-15-9-14-34(26-36)35-19-17-31-21-23-38(47-41(31)27-35)37-20-18-32-22-24-40(48-42(32)28-37)39-16-7-8-25-46-39/h1-29,39-40,45-46,48-49H. The maximum atomic E-state index is 5.19. The van der Waals surface area contributed by atoms with Crippen LogP contribution in [0.5, 0.6) is 0 Å². The van der Waals surface area contributed by atoms with Crippen molar-refractivity contribution in [3.63, 3.8) is 0 Å². The third-order valence-corrected chi connectivity index (χ3v) is 9.58. The fourth-order valence-corrected chi connectivity index (χ4v) is 6.90. The predicted molar refractivity (Wildman–Crippen MR) is 208 cm³/mol. The van der Waals surface area contributed by atoms with Gasteiger partial charge in [-0.3, -0.25) is 4.99 Å². The summed E-state index contributed by atoms with van der Waals surface area (Å²) in [4.78, 5) is 10.4. The van der Waals surface area contributed by atoms with Crippen LogP contribution in [0, 0.1) is 0 Å². The first-order valence-corrected chi connectivity index (χ1v) is 17.1. The van der Waals surface area contributed by atoms with Crippen LogP contribution in [0.25, 0.3) is 45.1 Å². The Kier molecular flexibility index (Phi) is 7.63. The van der Waals surface area contributed by atoms with Gasteiger partial charge in [0.15, 0.2) is 0 Å². The summed E-state index contributed by atoms with van der Waals surface area (Å²) in [6.45, 7) is 0. The normalized spacial score (nSPS) is 19.1. The van der Waals surface area contributed by atoms with E-state index in [1.807, 2.05) is 24.4 Å². The van der Waals surface area contributed by atoms with Gasteiger partial charge in [-0.05, 0) is 70.4 Å². The van der Waals surface area contributed by atoms with Crippen molar-refractivity contribution in [2.45, 2.75) is 18.2 Å². The van der Waals surface area contributed by atoms with Crippen LogP contribution in [0.2, 0.25) is 0 Å². The van der Waals surface area contributed by atoms with E-state index < -0.39 is 0 Å². The summed E-state index contributed by atoms with van der Waals surface area (Å²) in [5, 5.41) is 11.9. The second-order valence-electron chi connectivity index (χ2n) is 12.8. The van der Waals surface area contributed by atoms with E-state index in [0.717, 1.165) is 67.1 Å². The topological polar surface area (TPSA) is 61.3 Å². The van der Waals surface area contributed by atoms with Gasteiger partial charge in [0.05, 0.1) is 29.0 Å². The van der Waals surface area contributed by atoms with Crippen LogP contribution in [0.4, 0.5) is 5.69 Å². The molecule has 9 rings (SSSR count). The Morgan fingerprint density at radius 2 is 1.34 bits per heavy atom. The highest BCUT2D eigenvalue weighted by Crippen LogP contribution is 2.33. The predicted octanol–water partition coefficient (Wildman–Crippen LogP) is 9.55. The summed E-state index contributed by atoms with van der Waals surface area (Å²) in [5.41, 5.74) is 12.9. The van der Waals surface area contributed by atoms with Gasteiger partial charge in [-0.25, -0.2) is 4.98 Å². The fourth-order valence-electron chi connectivity index (χ4n) is 6.90. The Hall–Kier alpha value is -6.46. The maximum absolute atomic E-state index is 5.19. The first kappa shape index (κ1) is 29.7. The Morgan fingerprint density at radius 1 is 0.560 bits per heavy atom. The lowest BCUT2D eigenvalue weighted by Gasteiger charge is -2.29. The average molecular weight is 646 g/mol. The molecular formula is C45H35N5. The number of dihydropyridines is 1. The van der Waals surface area contributed by atoms with Crippen molar-refractivity contribution >= 4 is 34.1 Å². The molecule has 0 bridgehead atoms. The molecule has 3 unspecified atom stereocenters. The van der Waals surface area contributed by atoms with Crippen LogP contribution >= 0.6 is 0 Å². The van der Waals surface area contributed by atoms with Crippen LogP contribution < -0.4 is 16.0 Å². The van der Waals surface area contributed by atoms with Crippen molar-refractivity contribution in [2.75, 3.05) is 5.32 Å². The van der Waals surface area contributed by atoms with E-state index in [0.29, 0.717) is 0 Å². The summed E-state index contributed by atoms with van der Waals surface area (Å²) in [7, 11) is 0. The highest BCUT2D eigenvalue weighted by Gasteiger charge is 2.22. The van der Waals surface area contributed by atoms with Gasteiger partial charge in [0, 0.05) is 27.9 Å². The number of hydrogen-bond acceptors (Lipinski definition) is 5. The quantitative estimate of drug-likeness (QED) is 0.169. The Morgan fingerprint density at radius 3 is 2.20 bits per heavy atom. The number of allylic oxidation sites excluding steroid dienone is 3. The van der Waals surface area contributed by atoms with E-state index in [2.05, 4.69) is 168 Å². The van der Waals surface area contributed by atoms with Crippen LogP contribution in [0.3, 0.4) is 0 Å². The number of nitrogens with one attached hydrogen (secondary N) is 3. The van der Waals surface area contributed by atoms with Gasteiger partial charge >= 0.3 is 0 Å². The number of pyridine rings is 1. The zero-order valence-corrected chi connectivity index (χ0v) is 27.4. The third kappa shape index (κ3) is 5.90. The van der Waals surface area contributed by atoms with Crippen LogP contribution in [0.1, 0.15) is 28.4 Å². The van der Waals surface area contributed by atoms with Crippen LogP contribution in [0.15, 0.2) is 175 Å². The highest BCUT2D eigenvalue weighted by molar-refractivity contribution is 6.13. The van der Waals surface area contributed by atoms with E-state index in [4.69, 9.17) is 9.98 Å². The molecule has 240 valence electrons. The number of nitrogens with zero attached hydrogens (tertiary/aromatic N) is 2. The van der Waals surface area contributed by atoms with Gasteiger partial charge in [-0.2, -0.15) is 0 Å². The zero-order chi connectivity index (χ0) is 33.3. The number of fused-ring (bicyclic) bond motifs is 2. The van der Waals surface area contributed by atoms with Crippen molar-refractivity contribution in [2.24, 2.45) is 4.99 Å². The molecule has 0 aliphatic carbocycles. The third-order valence-electron chi connectivity index (χ3n) is 9.58. The number of benzene rings is 5. The van der Waals surface area contributed by atoms with E-state index >= 15 is 0 Å². The van der Waals surface area contributed by atoms with Gasteiger partial charge in [-0.1, -0.05) is 133 Å². The summed E-state index contributed by atoms with van der Waals surface area (Å²) in [6.07, 6.45) is 14.7. The van der Waals surface area contributed by atoms with Crippen molar-refractivity contribution in [1.82, 2.24) is 15.6 Å². The molecule has 0 amide bonds. The Bertz CT molecular complexity index is 2370. The molecule has 0 fully saturated rings. The molecule has 3 aliphatic heterocycles. The van der Waals surface area contributed by atoms with Crippen molar-refractivity contribution in [3.8, 4) is 22.4 Å². The Balaban J connectivity index is 1.03. The lowest BCUT2D eigenvalue weighted by molar-refractivity contribution is 0.646. The second kappa shape index (κ2) is 12.9. The van der Waals surface area contributed by atoms with E-state index in [1.165, 1.54) is 5.56 Å². The average Bonchev–Trinajstić information content (AvgIpc) is 3.21. The molecule has 6 aromatic rings. The van der Waals surface area contributed by atoms with Gasteiger partial charge in [0.1, 0.15) is 6.17 Å². The van der Waals surface area contributed by atoms with Gasteiger partial charge in [0.2, 0.25) is 0 Å². The summed E-state index contributed by atoms with van der Waals surface area (Å²) in [5.74, 6) is 0. The molecular weight excluding hydrogens is 611 g/mol. The first-order valence-electron chi connectivity index (χ1n) is 17.1. The zero-order valence-electron chi connectivity index (χ0n) is 27.4. The molecule has 50 heavy (non-hydrogen) atoms. The molecule has 3 N–H and O–H groups in total. The van der Waals surface area contributed by atoms with Crippen LogP contribution in [-0.2, 0) is 0 Å². The molecule has 0 saturated carbocycles. The number of aliphatic imine (C=N–C) groups is 1. The smallest absolute Gasteiger partial charge is 0.145 e. The molecule has 3 aliphatic rings. The minimum absolute atomic E-state index is 0.169. The minimum atomic E-state index is -0.183. The molecule has 1 aromatic heterocycles. The molecule has 4 heterocycles. The minimum Gasteiger partial charge on any atom is -0.382 e. The monoisotopic (exact) mass is 645 g/mol. The molecule has 0 saturated heterocycles. The second-order valence-corrected chi connectivity index (χ2v) is 12.8. The number of aromatic nitrogens is 1. The molecule has 5 heteroatoms.